The van der Waals surface area contributed by atoms with E-state index in [0.29, 0.717) is 0 Å². The quantitative estimate of drug-likeness (QED) is 0.628. The van der Waals surface area contributed by atoms with Gasteiger partial charge < -0.3 is 0 Å². The van der Waals surface area contributed by atoms with Crippen molar-refractivity contribution in [3.63, 3.8) is 0 Å². The van der Waals surface area contributed by atoms with Crippen molar-refractivity contribution in [1.29, 1.82) is 0 Å². The second kappa shape index (κ2) is 4.94. The van der Waals surface area contributed by atoms with Crippen molar-refractivity contribution >= 4 is 11.8 Å². The Morgan fingerprint density at radius 2 is 1.79 bits per heavy atom. The minimum absolute atomic E-state index is 0.0879. The van der Waals surface area contributed by atoms with Gasteiger partial charge in [0.25, 0.3) is 11.8 Å². The Labute approximate surface area is 84.8 Å². The van der Waals surface area contributed by atoms with Gasteiger partial charge >= 0.3 is 0 Å². The number of hydrogen-bond acceptors (Lipinski definition) is 2. The highest BCUT2D eigenvalue weighted by molar-refractivity contribution is 6.13. The third-order valence-electron chi connectivity index (χ3n) is 2.57. The Hall–Kier alpha value is -1.12. The minimum atomic E-state index is -0.155. The second-order valence-corrected chi connectivity index (χ2v) is 3.58. The summed E-state index contributed by atoms with van der Waals surface area (Å²) in [6.45, 7) is 4.12. The van der Waals surface area contributed by atoms with Crippen LogP contribution >= 0.6 is 0 Å². The first kappa shape index (κ1) is 11.0. The van der Waals surface area contributed by atoms with Crippen LogP contribution in [0, 0.1) is 0 Å². The first-order chi connectivity index (χ1) is 6.70. The van der Waals surface area contributed by atoms with Crippen LogP contribution in [0.3, 0.4) is 0 Å². The Morgan fingerprint density at radius 3 is 2.21 bits per heavy atom. The lowest BCUT2D eigenvalue weighted by Gasteiger charge is -2.24. The van der Waals surface area contributed by atoms with E-state index in [2.05, 4.69) is 6.92 Å². The second-order valence-electron chi connectivity index (χ2n) is 3.58. The molecule has 0 radical (unpaired) electrons. The van der Waals surface area contributed by atoms with Crippen LogP contribution in [0.4, 0.5) is 0 Å². The van der Waals surface area contributed by atoms with Gasteiger partial charge in [-0.15, -0.1) is 0 Å². The molecule has 0 unspecified atom stereocenters. The smallest absolute Gasteiger partial charge is 0.253 e. The molecule has 1 atom stereocenters. The largest absolute Gasteiger partial charge is 0.272 e. The molecule has 0 N–H and O–H groups in total. The van der Waals surface area contributed by atoms with E-state index in [-0.39, 0.29) is 17.9 Å². The third kappa shape index (κ3) is 2.22. The molecular formula is C11H17NO2. The average molecular weight is 195 g/mol. The molecule has 78 valence electrons. The third-order valence-corrected chi connectivity index (χ3v) is 2.57. The molecular weight excluding hydrogens is 178 g/mol. The van der Waals surface area contributed by atoms with Crippen molar-refractivity contribution in [2.24, 2.45) is 0 Å². The molecule has 0 aromatic heterocycles. The Kier molecular flexibility index (Phi) is 3.86. The van der Waals surface area contributed by atoms with Gasteiger partial charge in [-0.2, -0.15) is 0 Å². The molecule has 0 saturated heterocycles. The summed E-state index contributed by atoms with van der Waals surface area (Å²) in [5.41, 5.74) is 0. The SMILES string of the molecule is CCCC[C@H](CC)N1C(=O)C=CC1=O. The van der Waals surface area contributed by atoms with Gasteiger partial charge in [-0.1, -0.05) is 26.7 Å². The predicted octanol–water partition coefficient (Wildman–Crippen LogP) is 1.88. The van der Waals surface area contributed by atoms with Crippen molar-refractivity contribution in [3.8, 4) is 0 Å². The number of carbonyl (C=O) groups is 2. The number of hydrogen-bond donors (Lipinski definition) is 0. The maximum Gasteiger partial charge on any atom is 0.253 e. The Bertz CT molecular complexity index is 240. The van der Waals surface area contributed by atoms with Gasteiger partial charge in [-0.05, 0) is 12.8 Å². The van der Waals surface area contributed by atoms with Crippen molar-refractivity contribution in [2.75, 3.05) is 0 Å². The fraction of sp³-hybridized carbons (Fsp3) is 0.636. The molecule has 0 fully saturated rings. The van der Waals surface area contributed by atoms with Gasteiger partial charge in [-0.25, -0.2) is 0 Å². The molecule has 0 saturated carbocycles. The molecule has 1 aliphatic heterocycles. The highest BCUT2D eigenvalue weighted by atomic mass is 16.2. The maximum absolute atomic E-state index is 11.4. The minimum Gasteiger partial charge on any atom is -0.272 e. The Morgan fingerprint density at radius 1 is 1.21 bits per heavy atom. The predicted molar refractivity (Wildman–Crippen MR) is 54.6 cm³/mol. The van der Waals surface area contributed by atoms with Crippen LogP contribution in [-0.4, -0.2) is 22.8 Å². The van der Waals surface area contributed by atoms with Gasteiger partial charge in [-0.3, -0.25) is 14.5 Å². The van der Waals surface area contributed by atoms with Crippen LogP contribution in [0.25, 0.3) is 0 Å². The van der Waals surface area contributed by atoms with Crippen LogP contribution in [0.1, 0.15) is 39.5 Å². The van der Waals surface area contributed by atoms with Crippen LogP contribution in [0.15, 0.2) is 12.2 Å². The number of nitrogens with zero attached hydrogens (tertiary/aromatic N) is 1. The van der Waals surface area contributed by atoms with E-state index in [1.54, 1.807) is 0 Å². The summed E-state index contributed by atoms with van der Waals surface area (Å²) in [4.78, 5) is 24.1. The van der Waals surface area contributed by atoms with E-state index in [4.69, 9.17) is 0 Å². The highest BCUT2D eigenvalue weighted by Gasteiger charge is 2.29. The van der Waals surface area contributed by atoms with Crippen molar-refractivity contribution in [2.45, 2.75) is 45.6 Å². The van der Waals surface area contributed by atoms with Gasteiger partial charge in [0, 0.05) is 18.2 Å². The van der Waals surface area contributed by atoms with Crippen LogP contribution in [-0.2, 0) is 9.59 Å². The van der Waals surface area contributed by atoms with E-state index >= 15 is 0 Å². The van der Waals surface area contributed by atoms with Crippen molar-refractivity contribution < 1.29 is 9.59 Å². The molecule has 1 aliphatic rings. The van der Waals surface area contributed by atoms with Gasteiger partial charge in [0.1, 0.15) is 0 Å². The summed E-state index contributed by atoms with van der Waals surface area (Å²) in [6.07, 6.45) is 6.65. The van der Waals surface area contributed by atoms with Gasteiger partial charge in [0.05, 0.1) is 0 Å². The average Bonchev–Trinajstić information content (AvgIpc) is 2.50. The molecule has 2 amide bonds. The van der Waals surface area contributed by atoms with Crippen molar-refractivity contribution in [3.05, 3.63) is 12.2 Å². The standard InChI is InChI=1S/C11H17NO2/c1-3-5-6-9(4-2)12-10(13)7-8-11(12)14/h7-9H,3-6H2,1-2H3/t9-/m0/s1. The molecule has 3 nitrogen and oxygen atoms in total. The fourth-order valence-corrected chi connectivity index (χ4v) is 1.73. The van der Waals surface area contributed by atoms with E-state index in [9.17, 15) is 9.59 Å². The molecule has 1 rings (SSSR count). The number of rotatable bonds is 5. The fourth-order valence-electron chi connectivity index (χ4n) is 1.73. The van der Waals surface area contributed by atoms with E-state index in [0.717, 1.165) is 25.7 Å². The lowest BCUT2D eigenvalue weighted by Crippen LogP contribution is -2.39. The van der Waals surface area contributed by atoms with E-state index in [1.165, 1.54) is 17.1 Å². The number of amides is 2. The molecule has 0 aromatic carbocycles. The van der Waals surface area contributed by atoms with Crippen LogP contribution < -0.4 is 0 Å². The zero-order valence-electron chi connectivity index (χ0n) is 8.82. The topological polar surface area (TPSA) is 37.4 Å². The zero-order chi connectivity index (χ0) is 10.6. The van der Waals surface area contributed by atoms with Gasteiger partial charge in [0.2, 0.25) is 0 Å². The summed E-state index contributed by atoms with van der Waals surface area (Å²) in [5.74, 6) is -0.309. The summed E-state index contributed by atoms with van der Waals surface area (Å²) in [7, 11) is 0. The maximum atomic E-state index is 11.4. The molecule has 0 aromatic rings. The molecule has 14 heavy (non-hydrogen) atoms. The Balaban J connectivity index is 2.60. The summed E-state index contributed by atoms with van der Waals surface area (Å²) >= 11 is 0. The first-order valence-corrected chi connectivity index (χ1v) is 5.26. The van der Waals surface area contributed by atoms with E-state index in [1.807, 2.05) is 6.92 Å². The summed E-state index contributed by atoms with van der Waals surface area (Å²) < 4.78 is 0. The summed E-state index contributed by atoms with van der Waals surface area (Å²) in [6, 6.07) is 0.0879. The lowest BCUT2D eigenvalue weighted by molar-refractivity contribution is -0.139. The number of imide groups is 1. The molecule has 0 aliphatic carbocycles. The van der Waals surface area contributed by atoms with Crippen LogP contribution in [0.2, 0.25) is 0 Å². The normalized spacial score (nSPS) is 18.0. The van der Waals surface area contributed by atoms with Crippen molar-refractivity contribution in [1.82, 2.24) is 4.90 Å². The number of unbranched alkanes of at least 4 members (excludes halogenated alkanes) is 1. The first-order valence-electron chi connectivity index (χ1n) is 5.26. The molecule has 1 heterocycles. The monoisotopic (exact) mass is 195 g/mol. The van der Waals surface area contributed by atoms with Gasteiger partial charge in [0.15, 0.2) is 0 Å². The molecule has 0 spiro atoms. The lowest BCUT2D eigenvalue weighted by atomic mass is 10.1. The molecule has 3 heteroatoms. The number of carbonyl (C=O) groups excluding carboxylic acids is 2. The summed E-state index contributed by atoms with van der Waals surface area (Å²) in [5, 5.41) is 0. The zero-order valence-corrected chi connectivity index (χ0v) is 8.82. The molecule has 0 bridgehead atoms. The van der Waals surface area contributed by atoms with Crippen LogP contribution in [0.5, 0.6) is 0 Å². The highest BCUT2D eigenvalue weighted by Crippen LogP contribution is 2.16. The van der Waals surface area contributed by atoms with E-state index < -0.39 is 0 Å².